The Hall–Kier alpha value is -1.45. The smallest absolute Gasteiger partial charge is 0.154 e. The van der Waals surface area contributed by atoms with E-state index in [0.29, 0.717) is 0 Å². The number of hydrogen-bond acceptors (Lipinski definition) is 3. The number of hydrogen-bond donors (Lipinski definition) is 0. The van der Waals surface area contributed by atoms with Crippen molar-refractivity contribution in [3.63, 3.8) is 0 Å². The van der Waals surface area contributed by atoms with Gasteiger partial charge in [0.05, 0.1) is 0 Å². The molecule has 1 aliphatic carbocycles. The van der Waals surface area contributed by atoms with Crippen LogP contribution in [0, 0.1) is 11.8 Å². The maximum Gasteiger partial charge on any atom is 0.154 e. The molecule has 0 amide bonds. The van der Waals surface area contributed by atoms with Crippen molar-refractivity contribution in [3.8, 4) is 0 Å². The second-order valence-corrected chi connectivity index (χ2v) is 7.56. The van der Waals surface area contributed by atoms with E-state index in [1.165, 1.54) is 50.5 Å². The van der Waals surface area contributed by atoms with Crippen molar-refractivity contribution in [2.45, 2.75) is 85.4 Å². The van der Waals surface area contributed by atoms with Gasteiger partial charge in [0.2, 0.25) is 0 Å². The second kappa shape index (κ2) is 18.6. The normalized spacial score (nSPS) is 14.9. The minimum Gasteiger partial charge on any atom is -0.353 e. The van der Waals surface area contributed by atoms with E-state index in [0.717, 1.165) is 43.3 Å². The summed E-state index contributed by atoms with van der Waals surface area (Å²) in [6, 6.07) is 7.99. The molecule has 2 rings (SSSR count). The standard InChI is InChI=1S/C18H26O.C6H14O2.C2H4/c1-15(16-9-3-2-4-10-16)8-7-13-17-11-5-6-12-18(17)14-19;1-4-7-6(3)8-5-2;1-2/h5-6,11-12,14-16H,2-4,7-10,13H2,1H3;6H,4-5H2,1-3H3;1-2H2. The first-order valence-corrected chi connectivity index (χ1v) is 11.4. The predicted molar refractivity (Wildman–Crippen MR) is 124 cm³/mol. The minimum absolute atomic E-state index is 0.0370. The molecule has 1 aliphatic rings. The highest BCUT2D eigenvalue weighted by Crippen LogP contribution is 2.32. The van der Waals surface area contributed by atoms with Crippen LogP contribution in [-0.2, 0) is 15.9 Å². The van der Waals surface area contributed by atoms with Crippen LogP contribution in [0.25, 0.3) is 0 Å². The van der Waals surface area contributed by atoms with Gasteiger partial charge in [0, 0.05) is 18.8 Å². The number of ether oxygens (including phenoxy) is 2. The zero-order chi connectivity index (χ0) is 21.9. The van der Waals surface area contributed by atoms with Crippen LogP contribution in [0.2, 0.25) is 0 Å². The summed E-state index contributed by atoms with van der Waals surface area (Å²) in [6.45, 7) is 15.7. The molecule has 1 aromatic rings. The van der Waals surface area contributed by atoms with E-state index >= 15 is 0 Å². The number of rotatable bonds is 10. The topological polar surface area (TPSA) is 35.5 Å². The Bertz CT molecular complexity index is 502. The summed E-state index contributed by atoms with van der Waals surface area (Å²) in [4.78, 5) is 11.0. The van der Waals surface area contributed by atoms with Gasteiger partial charge in [-0.25, -0.2) is 0 Å². The lowest BCUT2D eigenvalue weighted by atomic mass is 9.78. The quantitative estimate of drug-likeness (QED) is 0.234. The first-order chi connectivity index (χ1) is 14.1. The summed E-state index contributed by atoms with van der Waals surface area (Å²) in [5.74, 6) is 1.80. The first kappa shape index (κ1) is 27.5. The van der Waals surface area contributed by atoms with Gasteiger partial charge in [-0.05, 0) is 51.0 Å². The maximum absolute atomic E-state index is 11.0. The van der Waals surface area contributed by atoms with E-state index in [1.807, 2.05) is 39.0 Å². The molecule has 1 atom stereocenters. The highest BCUT2D eigenvalue weighted by molar-refractivity contribution is 5.77. The molecule has 1 aromatic carbocycles. The molecular formula is C26H44O3. The number of benzene rings is 1. The van der Waals surface area contributed by atoms with E-state index in [1.54, 1.807) is 0 Å². The molecule has 0 heterocycles. The number of carbonyl (C=O) groups is 1. The number of aldehydes is 1. The highest BCUT2D eigenvalue weighted by Gasteiger charge is 2.19. The Kier molecular flexibility index (Phi) is 17.6. The van der Waals surface area contributed by atoms with Gasteiger partial charge < -0.3 is 9.47 Å². The predicted octanol–water partition coefficient (Wildman–Crippen LogP) is 7.25. The lowest BCUT2D eigenvalue weighted by Crippen LogP contribution is -2.15. The van der Waals surface area contributed by atoms with Crippen LogP contribution in [0.1, 0.15) is 88.6 Å². The van der Waals surface area contributed by atoms with E-state index in [-0.39, 0.29) is 6.29 Å². The summed E-state index contributed by atoms with van der Waals surface area (Å²) in [5.41, 5.74) is 2.08. The molecule has 3 nitrogen and oxygen atoms in total. The van der Waals surface area contributed by atoms with Crippen molar-refractivity contribution in [3.05, 3.63) is 48.6 Å². The molecule has 0 saturated heterocycles. The molecule has 0 aromatic heterocycles. The van der Waals surface area contributed by atoms with E-state index < -0.39 is 0 Å². The molecule has 1 fully saturated rings. The van der Waals surface area contributed by atoms with Gasteiger partial charge >= 0.3 is 0 Å². The van der Waals surface area contributed by atoms with Crippen molar-refractivity contribution in [2.75, 3.05) is 13.2 Å². The average molecular weight is 405 g/mol. The lowest BCUT2D eigenvalue weighted by molar-refractivity contribution is -0.123. The zero-order valence-corrected chi connectivity index (χ0v) is 19.3. The van der Waals surface area contributed by atoms with E-state index in [2.05, 4.69) is 26.1 Å². The number of carbonyl (C=O) groups excluding carboxylic acids is 1. The van der Waals surface area contributed by atoms with Crippen LogP contribution in [0.5, 0.6) is 0 Å². The fraction of sp³-hybridized carbons (Fsp3) is 0.654. The van der Waals surface area contributed by atoms with Crippen LogP contribution >= 0.6 is 0 Å². The Morgan fingerprint density at radius 1 is 1.03 bits per heavy atom. The van der Waals surface area contributed by atoms with Gasteiger partial charge in [-0.2, -0.15) is 0 Å². The Morgan fingerprint density at radius 2 is 1.62 bits per heavy atom. The van der Waals surface area contributed by atoms with Gasteiger partial charge in [0.1, 0.15) is 6.29 Å². The largest absolute Gasteiger partial charge is 0.353 e. The molecule has 0 spiro atoms. The molecule has 1 unspecified atom stereocenters. The molecule has 3 heteroatoms. The molecule has 0 radical (unpaired) electrons. The van der Waals surface area contributed by atoms with Crippen LogP contribution < -0.4 is 0 Å². The molecule has 29 heavy (non-hydrogen) atoms. The molecular weight excluding hydrogens is 360 g/mol. The molecule has 0 bridgehead atoms. The maximum atomic E-state index is 11.0. The molecule has 0 aliphatic heterocycles. The van der Waals surface area contributed by atoms with Gasteiger partial charge in [-0.15, -0.1) is 13.2 Å². The van der Waals surface area contributed by atoms with E-state index in [9.17, 15) is 4.79 Å². The fourth-order valence-corrected chi connectivity index (χ4v) is 3.95. The zero-order valence-electron chi connectivity index (χ0n) is 19.3. The van der Waals surface area contributed by atoms with Crippen molar-refractivity contribution in [1.82, 2.24) is 0 Å². The Balaban J connectivity index is 0.000000664. The summed E-state index contributed by atoms with van der Waals surface area (Å²) in [7, 11) is 0. The van der Waals surface area contributed by atoms with Gasteiger partial charge in [-0.3, -0.25) is 4.79 Å². The third kappa shape index (κ3) is 12.7. The minimum atomic E-state index is -0.0370. The number of aryl methyl sites for hydroxylation is 1. The van der Waals surface area contributed by atoms with Crippen molar-refractivity contribution in [1.29, 1.82) is 0 Å². The van der Waals surface area contributed by atoms with Gasteiger partial charge in [0.25, 0.3) is 0 Å². The molecule has 166 valence electrons. The fourth-order valence-electron chi connectivity index (χ4n) is 3.95. The van der Waals surface area contributed by atoms with Crippen molar-refractivity contribution in [2.24, 2.45) is 11.8 Å². The van der Waals surface area contributed by atoms with Gasteiger partial charge in [0.15, 0.2) is 6.29 Å². The third-order valence-corrected chi connectivity index (χ3v) is 5.54. The Morgan fingerprint density at radius 3 is 2.17 bits per heavy atom. The van der Waals surface area contributed by atoms with Crippen molar-refractivity contribution >= 4 is 6.29 Å². The van der Waals surface area contributed by atoms with Crippen LogP contribution in [0.15, 0.2) is 37.4 Å². The molecule has 1 saturated carbocycles. The average Bonchev–Trinajstić information content (AvgIpc) is 2.77. The summed E-state index contributed by atoms with van der Waals surface area (Å²) in [6.07, 6.45) is 11.7. The summed E-state index contributed by atoms with van der Waals surface area (Å²) in [5, 5.41) is 0. The lowest BCUT2D eigenvalue weighted by Gasteiger charge is -2.27. The highest BCUT2D eigenvalue weighted by atomic mass is 16.7. The van der Waals surface area contributed by atoms with Crippen LogP contribution in [-0.4, -0.2) is 25.8 Å². The second-order valence-electron chi connectivity index (χ2n) is 7.56. The monoisotopic (exact) mass is 404 g/mol. The van der Waals surface area contributed by atoms with Crippen molar-refractivity contribution < 1.29 is 14.3 Å². The van der Waals surface area contributed by atoms with E-state index in [4.69, 9.17) is 9.47 Å². The van der Waals surface area contributed by atoms with Gasteiger partial charge in [-0.1, -0.05) is 69.7 Å². The van der Waals surface area contributed by atoms with Crippen LogP contribution in [0.3, 0.4) is 0 Å². The third-order valence-electron chi connectivity index (χ3n) is 5.54. The summed E-state index contributed by atoms with van der Waals surface area (Å²) < 4.78 is 10.1. The Labute approximate surface area is 179 Å². The van der Waals surface area contributed by atoms with Crippen LogP contribution in [0.4, 0.5) is 0 Å². The first-order valence-electron chi connectivity index (χ1n) is 11.4. The SMILES string of the molecule is C=C.CC(CCCc1ccccc1C=O)C1CCCCC1.CCOC(C)OCC. The molecule has 0 N–H and O–H groups in total. The summed E-state index contributed by atoms with van der Waals surface area (Å²) >= 11 is 0.